The lowest BCUT2D eigenvalue weighted by Gasteiger charge is -2.28. The fourth-order valence-electron chi connectivity index (χ4n) is 6.95. The summed E-state index contributed by atoms with van der Waals surface area (Å²) in [5, 5.41) is 0. The molecule has 1 unspecified atom stereocenters. The fourth-order valence-corrected chi connectivity index (χ4v) is 6.95. The fraction of sp³-hybridized carbons (Fsp3) is 0.841. The van der Waals surface area contributed by atoms with Gasteiger partial charge in [-0.15, -0.1) is 0 Å². The van der Waals surface area contributed by atoms with Crippen LogP contribution in [-0.2, 0) is 9.53 Å². The van der Waals surface area contributed by atoms with Crippen LogP contribution in [0.3, 0.4) is 0 Å². The molecule has 1 aliphatic rings. The molecule has 2 heteroatoms. The second-order valence-corrected chi connectivity index (χ2v) is 14.5. The van der Waals surface area contributed by atoms with Crippen LogP contribution in [0, 0.1) is 5.92 Å². The van der Waals surface area contributed by atoms with E-state index < -0.39 is 0 Å². The van der Waals surface area contributed by atoms with Crippen molar-refractivity contribution in [3.63, 3.8) is 0 Å². The first-order valence-electron chi connectivity index (χ1n) is 20.9. The van der Waals surface area contributed by atoms with Crippen LogP contribution in [0.2, 0.25) is 0 Å². The summed E-state index contributed by atoms with van der Waals surface area (Å²) in [6.07, 6.45) is 57.5. The Morgan fingerprint density at radius 2 is 0.696 bits per heavy atom. The molecular weight excluding hydrogens is 560 g/mol. The summed E-state index contributed by atoms with van der Waals surface area (Å²) >= 11 is 0. The molecule has 1 aliphatic heterocycles. The second-order valence-electron chi connectivity index (χ2n) is 14.5. The molecule has 0 aliphatic carbocycles. The van der Waals surface area contributed by atoms with Crippen LogP contribution in [-0.4, -0.2) is 5.97 Å². The molecule has 0 aromatic carbocycles. The molecule has 0 aromatic rings. The van der Waals surface area contributed by atoms with Crippen LogP contribution in [0.1, 0.15) is 232 Å². The van der Waals surface area contributed by atoms with Crippen LogP contribution < -0.4 is 0 Å². The van der Waals surface area contributed by atoms with Gasteiger partial charge in [-0.05, 0) is 64.9 Å². The molecule has 46 heavy (non-hydrogen) atoms. The minimum absolute atomic E-state index is 0.0197. The van der Waals surface area contributed by atoms with Gasteiger partial charge >= 0.3 is 5.97 Å². The predicted octanol–water partition coefficient (Wildman–Crippen LogP) is 15.5. The minimum Gasteiger partial charge on any atom is -0.430 e. The number of carbonyl (C=O) groups is 1. The van der Waals surface area contributed by atoms with E-state index in [-0.39, 0.29) is 11.9 Å². The van der Waals surface area contributed by atoms with Gasteiger partial charge in [0.05, 0.1) is 0 Å². The van der Waals surface area contributed by atoms with Gasteiger partial charge in [-0.1, -0.05) is 198 Å². The Hall–Kier alpha value is -1.31. The van der Waals surface area contributed by atoms with Crippen LogP contribution in [0.4, 0.5) is 0 Å². The molecule has 0 amide bonds. The molecule has 1 heterocycles. The highest BCUT2D eigenvalue weighted by atomic mass is 16.6. The van der Waals surface area contributed by atoms with Gasteiger partial charge in [0.25, 0.3) is 0 Å². The maximum atomic E-state index is 12.0. The molecule has 0 bridgehead atoms. The molecule has 0 spiro atoms. The number of esters is 1. The molecule has 1 rings (SSSR count). The van der Waals surface area contributed by atoms with Crippen LogP contribution in [0.15, 0.2) is 36.1 Å². The van der Waals surface area contributed by atoms with Crippen molar-refractivity contribution in [2.75, 3.05) is 0 Å². The number of hydrogen-bond acceptors (Lipinski definition) is 2. The summed E-state index contributed by atoms with van der Waals surface area (Å²) in [6.45, 7) is 4.24. The van der Waals surface area contributed by atoms with Crippen molar-refractivity contribution in [2.45, 2.75) is 232 Å². The highest BCUT2D eigenvalue weighted by molar-refractivity contribution is 5.82. The average Bonchev–Trinajstić information content (AvgIpc) is 3.06. The highest BCUT2D eigenvalue weighted by Crippen LogP contribution is 2.32. The van der Waals surface area contributed by atoms with Crippen LogP contribution in [0.5, 0.6) is 0 Å². The Labute approximate surface area is 289 Å². The topological polar surface area (TPSA) is 26.3 Å². The maximum absolute atomic E-state index is 12.0. The SMILES string of the molecule is C/C=C/CCCCCCCCCCCCCCCCC/C=C1/OC(=O)C1CCCCCCCCCCCCCCCCC/C=C/C. The summed E-state index contributed by atoms with van der Waals surface area (Å²) in [6, 6.07) is 0. The van der Waals surface area contributed by atoms with Crippen molar-refractivity contribution < 1.29 is 9.53 Å². The summed E-state index contributed by atoms with van der Waals surface area (Å²) < 4.78 is 5.39. The van der Waals surface area contributed by atoms with Gasteiger partial charge in [0.15, 0.2) is 0 Å². The standard InChI is InChI=1S/C44H80O2/c1-3-5-7-9-11-13-15-17-19-21-23-25-27-29-31-33-35-37-39-41-43-42(44(45)46-43)40-38-36-34-32-30-28-26-24-22-20-18-16-14-12-10-8-6-4-2/h3-6,41-42H,7-40H2,1-2H3/b5-3+,6-4+,43-41+. The third-order valence-corrected chi connectivity index (χ3v) is 10.1. The third-order valence-electron chi connectivity index (χ3n) is 10.1. The Morgan fingerprint density at radius 1 is 0.413 bits per heavy atom. The molecular formula is C44H80O2. The smallest absolute Gasteiger partial charge is 0.321 e. The van der Waals surface area contributed by atoms with Crippen molar-refractivity contribution in [1.29, 1.82) is 0 Å². The van der Waals surface area contributed by atoms with E-state index in [4.69, 9.17) is 4.74 Å². The van der Waals surface area contributed by atoms with E-state index in [9.17, 15) is 4.79 Å². The summed E-state index contributed by atoms with van der Waals surface area (Å²) in [5.74, 6) is 1.08. The molecule has 2 nitrogen and oxygen atoms in total. The minimum atomic E-state index is 0.0197. The Balaban J connectivity index is 1.80. The quantitative estimate of drug-likeness (QED) is 0.0387. The Kier molecular flexibility index (Phi) is 32.5. The zero-order valence-corrected chi connectivity index (χ0v) is 31.3. The van der Waals surface area contributed by atoms with Crippen molar-refractivity contribution >= 4 is 5.97 Å². The molecule has 1 atom stereocenters. The van der Waals surface area contributed by atoms with Gasteiger partial charge in [0.2, 0.25) is 0 Å². The summed E-state index contributed by atoms with van der Waals surface area (Å²) in [4.78, 5) is 12.0. The van der Waals surface area contributed by atoms with Gasteiger partial charge in [0, 0.05) is 0 Å². The molecule has 268 valence electrons. The van der Waals surface area contributed by atoms with Gasteiger partial charge in [-0.3, -0.25) is 4.79 Å². The Bertz CT molecular complexity index is 732. The second kappa shape index (κ2) is 35.0. The lowest BCUT2D eigenvalue weighted by atomic mass is 9.93. The average molecular weight is 641 g/mol. The number of unbranched alkanes of at least 4 members (excludes halogenated alkanes) is 31. The van der Waals surface area contributed by atoms with Gasteiger partial charge in [-0.25, -0.2) is 0 Å². The maximum Gasteiger partial charge on any atom is 0.321 e. The first-order chi connectivity index (χ1) is 22.8. The van der Waals surface area contributed by atoms with Crippen LogP contribution >= 0.6 is 0 Å². The molecule has 0 saturated carbocycles. The van der Waals surface area contributed by atoms with E-state index in [1.54, 1.807) is 0 Å². The van der Waals surface area contributed by atoms with E-state index in [1.807, 2.05) is 0 Å². The zero-order chi connectivity index (χ0) is 33.0. The monoisotopic (exact) mass is 641 g/mol. The van der Waals surface area contributed by atoms with Crippen molar-refractivity contribution in [3.05, 3.63) is 36.1 Å². The number of carbonyl (C=O) groups excluding carboxylic acids is 1. The molecule has 0 aromatic heterocycles. The van der Waals surface area contributed by atoms with E-state index in [0.29, 0.717) is 0 Å². The highest BCUT2D eigenvalue weighted by Gasteiger charge is 2.36. The number of rotatable bonds is 36. The normalized spacial score (nSPS) is 15.8. The zero-order valence-electron chi connectivity index (χ0n) is 31.3. The predicted molar refractivity (Wildman–Crippen MR) is 204 cm³/mol. The number of hydrogen-bond donors (Lipinski definition) is 0. The van der Waals surface area contributed by atoms with Crippen molar-refractivity contribution in [1.82, 2.24) is 0 Å². The van der Waals surface area contributed by atoms with Crippen molar-refractivity contribution in [3.8, 4) is 0 Å². The van der Waals surface area contributed by atoms with E-state index >= 15 is 0 Å². The van der Waals surface area contributed by atoms with E-state index in [0.717, 1.165) is 18.6 Å². The lowest BCUT2D eigenvalue weighted by molar-refractivity contribution is -0.157. The number of cyclic esters (lactones) is 1. The van der Waals surface area contributed by atoms with Crippen molar-refractivity contribution in [2.24, 2.45) is 5.92 Å². The third kappa shape index (κ3) is 27.8. The summed E-state index contributed by atoms with van der Waals surface area (Å²) in [7, 11) is 0. The van der Waals surface area contributed by atoms with Gasteiger partial charge in [-0.2, -0.15) is 0 Å². The largest absolute Gasteiger partial charge is 0.430 e. The lowest BCUT2D eigenvalue weighted by Crippen LogP contribution is -2.32. The summed E-state index contributed by atoms with van der Waals surface area (Å²) in [5.41, 5.74) is 0. The first-order valence-corrected chi connectivity index (χ1v) is 20.9. The van der Waals surface area contributed by atoms with Gasteiger partial charge in [0.1, 0.15) is 11.7 Å². The van der Waals surface area contributed by atoms with Gasteiger partial charge < -0.3 is 4.74 Å². The number of allylic oxidation sites excluding steroid dienone is 5. The molecule has 1 fully saturated rings. The first kappa shape index (κ1) is 42.7. The van der Waals surface area contributed by atoms with E-state index in [1.165, 1.54) is 205 Å². The molecule has 0 radical (unpaired) electrons. The molecule has 0 N–H and O–H groups in total. The van der Waals surface area contributed by atoms with Crippen LogP contribution in [0.25, 0.3) is 0 Å². The number of ether oxygens (including phenoxy) is 1. The molecule has 1 saturated heterocycles. The Morgan fingerprint density at radius 3 is 1.00 bits per heavy atom. The van der Waals surface area contributed by atoms with E-state index in [2.05, 4.69) is 44.2 Å².